The second kappa shape index (κ2) is 6.41. The molecule has 1 atom stereocenters. The number of rotatable bonds is 3. The Bertz CT molecular complexity index is 387. The van der Waals surface area contributed by atoms with Crippen molar-refractivity contribution in [2.24, 2.45) is 5.73 Å². The highest BCUT2D eigenvalue weighted by Gasteiger charge is 2.22. The van der Waals surface area contributed by atoms with Crippen LogP contribution in [0.2, 0.25) is 5.02 Å². The SMILES string of the molecule is NCC(c1cccc(Cl)c1N)N1CCCCCC1. The number of nitrogen functional groups attached to an aromatic ring is 1. The summed E-state index contributed by atoms with van der Waals surface area (Å²) in [6.45, 7) is 2.80. The molecule has 3 nitrogen and oxygen atoms in total. The predicted octanol–water partition coefficient (Wildman–Crippen LogP) is 2.80. The first-order valence-corrected chi connectivity index (χ1v) is 7.10. The van der Waals surface area contributed by atoms with Crippen LogP contribution >= 0.6 is 11.6 Å². The average molecular weight is 268 g/mol. The van der Waals surface area contributed by atoms with Crippen molar-refractivity contribution in [1.82, 2.24) is 4.90 Å². The monoisotopic (exact) mass is 267 g/mol. The Balaban J connectivity index is 2.23. The maximum absolute atomic E-state index is 6.10. The number of nitrogens with zero attached hydrogens (tertiary/aromatic N) is 1. The molecule has 0 bridgehead atoms. The summed E-state index contributed by atoms with van der Waals surface area (Å²) in [4.78, 5) is 2.45. The van der Waals surface area contributed by atoms with Crippen molar-refractivity contribution in [3.8, 4) is 0 Å². The lowest BCUT2D eigenvalue weighted by molar-refractivity contribution is 0.210. The molecule has 4 N–H and O–H groups in total. The van der Waals surface area contributed by atoms with Gasteiger partial charge in [-0.2, -0.15) is 0 Å². The quantitative estimate of drug-likeness (QED) is 0.828. The summed E-state index contributed by atoms with van der Waals surface area (Å²) in [7, 11) is 0. The van der Waals surface area contributed by atoms with Gasteiger partial charge < -0.3 is 11.5 Å². The highest BCUT2D eigenvalue weighted by atomic mass is 35.5. The van der Waals surface area contributed by atoms with E-state index in [-0.39, 0.29) is 6.04 Å². The molecule has 0 aliphatic carbocycles. The van der Waals surface area contributed by atoms with E-state index >= 15 is 0 Å². The molecule has 0 aromatic heterocycles. The summed E-state index contributed by atoms with van der Waals surface area (Å²) < 4.78 is 0. The lowest BCUT2D eigenvalue weighted by atomic mass is 10.0. The van der Waals surface area contributed by atoms with Gasteiger partial charge in [0.15, 0.2) is 0 Å². The van der Waals surface area contributed by atoms with E-state index in [2.05, 4.69) is 4.90 Å². The number of anilines is 1. The zero-order valence-electron chi connectivity index (χ0n) is 10.7. The highest BCUT2D eigenvalue weighted by Crippen LogP contribution is 2.31. The Labute approximate surface area is 114 Å². The van der Waals surface area contributed by atoms with Gasteiger partial charge >= 0.3 is 0 Å². The molecule has 1 aromatic rings. The van der Waals surface area contributed by atoms with Crippen LogP contribution in [0.4, 0.5) is 5.69 Å². The molecule has 2 rings (SSSR count). The molecule has 1 heterocycles. The molecule has 1 aliphatic heterocycles. The van der Waals surface area contributed by atoms with Gasteiger partial charge in [0.05, 0.1) is 10.7 Å². The van der Waals surface area contributed by atoms with E-state index in [1.807, 2.05) is 18.2 Å². The number of likely N-dealkylation sites (tertiary alicyclic amines) is 1. The lowest BCUT2D eigenvalue weighted by Gasteiger charge is -2.31. The fourth-order valence-electron chi connectivity index (χ4n) is 2.72. The van der Waals surface area contributed by atoms with Gasteiger partial charge in [0, 0.05) is 12.6 Å². The first-order chi connectivity index (χ1) is 8.74. The Hall–Kier alpha value is -0.770. The van der Waals surface area contributed by atoms with Crippen LogP contribution in [-0.2, 0) is 0 Å². The molecule has 1 unspecified atom stereocenters. The summed E-state index contributed by atoms with van der Waals surface area (Å²) in [5.74, 6) is 0. The zero-order chi connectivity index (χ0) is 13.0. The van der Waals surface area contributed by atoms with Crippen LogP contribution in [0, 0.1) is 0 Å². The van der Waals surface area contributed by atoms with Crippen LogP contribution in [-0.4, -0.2) is 24.5 Å². The molecule has 1 aromatic carbocycles. The van der Waals surface area contributed by atoms with Crippen LogP contribution in [0.1, 0.15) is 37.3 Å². The van der Waals surface area contributed by atoms with Crippen LogP contribution in [0.3, 0.4) is 0 Å². The van der Waals surface area contributed by atoms with Gasteiger partial charge in [0.25, 0.3) is 0 Å². The molecule has 4 heteroatoms. The van der Waals surface area contributed by atoms with Crippen LogP contribution in [0.15, 0.2) is 18.2 Å². The molecule has 1 aliphatic rings. The van der Waals surface area contributed by atoms with E-state index in [4.69, 9.17) is 23.1 Å². The van der Waals surface area contributed by atoms with E-state index in [9.17, 15) is 0 Å². The number of hydrogen-bond acceptors (Lipinski definition) is 3. The topological polar surface area (TPSA) is 55.3 Å². The molecule has 1 saturated heterocycles. The molecule has 0 amide bonds. The molecule has 0 radical (unpaired) electrons. The average Bonchev–Trinajstić information content (AvgIpc) is 2.64. The van der Waals surface area contributed by atoms with Gasteiger partial charge in [-0.05, 0) is 37.6 Å². The van der Waals surface area contributed by atoms with Crippen molar-refractivity contribution in [3.63, 3.8) is 0 Å². The number of benzene rings is 1. The predicted molar refractivity (Wildman–Crippen MR) is 77.7 cm³/mol. The zero-order valence-corrected chi connectivity index (χ0v) is 11.5. The van der Waals surface area contributed by atoms with Crippen LogP contribution in [0.5, 0.6) is 0 Å². The summed E-state index contributed by atoms with van der Waals surface area (Å²) >= 11 is 6.10. The molecule has 1 fully saturated rings. The van der Waals surface area contributed by atoms with Gasteiger partial charge in [-0.25, -0.2) is 0 Å². The van der Waals surface area contributed by atoms with Crippen molar-refractivity contribution in [1.29, 1.82) is 0 Å². The second-order valence-electron chi connectivity index (χ2n) is 4.94. The minimum atomic E-state index is 0.196. The van der Waals surface area contributed by atoms with Crippen molar-refractivity contribution in [2.45, 2.75) is 31.7 Å². The van der Waals surface area contributed by atoms with Gasteiger partial charge in [-0.15, -0.1) is 0 Å². The van der Waals surface area contributed by atoms with E-state index in [0.29, 0.717) is 17.3 Å². The third kappa shape index (κ3) is 2.97. The van der Waals surface area contributed by atoms with E-state index < -0.39 is 0 Å². The fraction of sp³-hybridized carbons (Fsp3) is 0.571. The van der Waals surface area contributed by atoms with E-state index in [0.717, 1.165) is 18.7 Å². The Morgan fingerprint density at radius 2 is 1.83 bits per heavy atom. The second-order valence-corrected chi connectivity index (χ2v) is 5.35. The summed E-state index contributed by atoms with van der Waals surface area (Å²) in [5.41, 5.74) is 13.8. The maximum atomic E-state index is 6.10. The number of halogens is 1. The highest BCUT2D eigenvalue weighted by molar-refractivity contribution is 6.33. The molecule has 18 heavy (non-hydrogen) atoms. The first-order valence-electron chi connectivity index (χ1n) is 6.72. The van der Waals surface area contributed by atoms with Crippen molar-refractivity contribution < 1.29 is 0 Å². The Morgan fingerprint density at radius 1 is 1.17 bits per heavy atom. The molecular formula is C14H22ClN3. The van der Waals surface area contributed by atoms with Crippen LogP contribution < -0.4 is 11.5 Å². The smallest absolute Gasteiger partial charge is 0.0638 e. The van der Waals surface area contributed by atoms with Gasteiger partial charge in [0.2, 0.25) is 0 Å². The standard InChI is InChI=1S/C14H22ClN3/c15-12-7-5-6-11(14(12)17)13(10-16)18-8-3-1-2-4-9-18/h5-7,13H,1-4,8-10,16-17H2. The van der Waals surface area contributed by atoms with Crippen molar-refractivity contribution in [2.75, 3.05) is 25.4 Å². The van der Waals surface area contributed by atoms with E-state index in [1.54, 1.807) is 0 Å². The number of para-hydroxylation sites is 1. The molecule has 100 valence electrons. The molecular weight excluding hydrogens is 246 g/mol. The molecule has 0 saturated carbocycles. The maximum Gasteiger partial charge on any atom is 0.0638 e. The van der Waals surface area contributed by atoms with Crippen molar-refractivity contribution >= 4 is 17.3 Å². The number of nitrogens with two attached hydrogens (primary N) is 2. The summed E-state index contributed by atoms with van der Waals surface area (Å²) in [5, 5.41) is 0.626. The van der Waals surface area contributed by atoms with Gasteiger partial charge in [-0.3, -0.25) is 4.90 Å². The Kier molecular flexibility index (Phi) is 4.87. The largest absolute Gasteiger partial charge is 0.397 e. The van der Waals surface area contributed by atoms with Gasteiger partial charge in [0.1, 0.15) is 0 Å². The minimum absolute atomic E-state index is 0.196. The minimum Gasteiger partial charge on any atom is -0.397 e. The molecule has 0 spiro atoms. The van der Waals surface area contributed by atoms with Crippen molar-refractivity contribution in [3.05, 3.63) is 28.8 Å². The first kappa shape index (κ1) is 13.7. The van der Waals surface area contributed by atoms with Crippen LogP contribution in [0.25, 0.3) is 0 Å². The lowest BCUT2D eigenvalue weighted by Crippen LogP contribution is -2.35. The normalized spacial score (nSPS) is 19.4. The summed E-state index contributed by atoms with van der Waals surface area (Å²) in [6, 6.07) is 6.02. The number of hydrogen-bond donors (Lipinski definition) is 2. The fourth-order valence-corrected chi connectivity index (χ4v) is 2.91. The van der Waals surface area contributed by atoms with E-state index in [1.165, 1.54) is 25.7 Å². The third-order valence-corrected chi connectivity index (χ3v) is 4.08. The Morgan fingerprint density at radius 3 is 2.44 bits per heavy atom. The summed E-state index contributed by atoms with van der Waals surface area (Å²) in [6.07, 6.45) is 5.13. The van der Waals surface area contributed by atoms with Gasteiger partial charge in [-0.1, -0.05) is 36.6 Å². The third-order valence-electron chi connectivity index (χ3n) is 3.75.